The zero-order valence-electron chi connectivity index (χ0n) is 8.82. The maximum Gasteiger partial charge on any atom is 0.00920 e. The summed E-state index contributed by atoms with van der Waals surface area (Å²) in [6.07, 6.45) is 8.56. The topological polar surface area (TPSA) is 12.0 Å². The smallest absolute Gasteiger partial charge is 0.00920 e. The van der Waals surface area contributed by atoms with Gasteiger partial charge in [0.2, 0.25) is 0 Å². The van der Waals surface area contributed by atoms with E-state index in [9.17, 15) is 0 Å². The molecule has 0 aromatic carbocycles. The molecule has 1 aliphatic rings. The molecule has 1 atom stereocenters. The molecule has 12 heavy (non-hydrogen) atoms. The van der Waals surface area contributed by atoms with Crippen molar-refractivity contribution in [3.05, 3.63) is 0 Å². The van der Waals surface area contributed by atoms with E-state index in [0.717, 1.165) is 0 Å². The van der Waals surface area contributed by atoms with Crippen LogP contribution in [0.5, 0.6) is 0 Å². The van der Waals surface area contributed by atoms with Gasteiger partial charge in [-0.2, -0.15) is 0 Å². The Hall–Kier alpha value is -0.0400. The summed E-state index contributed by atoms with van der Waals surface area (Å²) in [6.45, 7) is 4.69. The molecule has 0 radical (unpaired) electrons. The lowest BCUT2D eigenvalue weighted by molar-refractivity contribution is 0.129. The molecule has 0 bridgehead atoms. The summed E-state index contributed by atoms with van der Waals surface area (Å²) in [5.74, 6) is 0. The predicted molar refractivity (Wildman–Crippen MR) is 54.3 cm³/mol. The molecule has 0 saturated heterocycles. The van der Waals surface area contributed by atoms with E-state index in [-0.39, 0.29) is 0 Å². The minimum absolute atomic E-state index is 0.618. The van der Waals surface area contributed by atoms with Gasteiger partial charge in [0.05, 0.1) is 0 Å². The summed E-state index contributed by atoms with van der Waals surface area (Å²) in [6, 6.07) is 0.697. The molecule has 1 heteroatoms. The molecular formula is C11H23N. The summed E-state index contributed by atoms with van der Waals surface area (Å²) < 4.78 is 0. The van der Waals surface area contributed by atoms with Crippen LogP contribution in [0.1, 0.15) is 52.4 Å². The summed E-state index contributed by atoms with van der Waals surface area (Å²) in [5.41, 5.74) is 0.618. The summed E-state index contributed by atoms with van der Waals surface area (Å²) in [7, 11) is 2.09. The fraction of sp³-hybridized carbons (Fsp3) is 1.00. The second-order valence-corrected chi connectivity index (χ2v) is 4.29. The largest absolute Gasteiger partial charge is 0.317 e. The van der Waals surface area contributed by atoms with Gasteiger partial charge in [0.25, 0.3) is 0 Å². The van der Waals surface area contributed by atoms with Crippen molar-refractivity contribution in [2.75, 3.05) is 7.05 Å². The van der Waals surface area contributed by atoms with Gasteiger partial charge in [-0.3, -0.25) is 0 Å². The van der Waals surface area contributed by atoms with Crippen molar-refractivity contribution in [3.63, 3.8) is 0 Å². The van der Waals surface area contributed by atoms with E-state index >= 15 is 0 Å². The van der Waals surface area contributed by atoms with Crippen molar-refractivity contribution in [2.24, 2.45) is 5.41 Å². The first-order chi connectivity index (χ1) is 5.75. The molecule has 1 unspecified atom stereocenters. The summed E-state index contributed by atoms with van der Waals surface area (Å²) in [4.78, 5) is 0. The Morgan fingerprint density at radius 1 is 1.25 bits per heavy atom. The van der Waals surface area contributed by atoms with Crippen LogP contribution in [-0.2, 0) is 0 Å². The number of hydrogen-bond donors (Lipinski definition) is 1. The van der Waals surface area contributed by atoms with E-state index in [2.05, 4.69) is 26.2 Å². The van der Waals surface area contributed by atoms with E-state index in [4.69, 9.17) is 0 Å². The highest BCUT2D eigenvalue weighted by atomic mass is 14.9. The second kappa shape index (κ2) is 4.27. The van der Waals surface area contributed by atoms with Crippen LogP contribution in [0.3, 0.4) is 0 Å². The minimum Gasteiger partial charge on any atom is -0.317 e. The number of hydrogen-bond acceptors (Lipinski definition) is 1. The van der Waals surface area contributed by atoms with Crippen LogP contribution in [-0.4, -0.2) is 13.1 Å². The molecule has 1 aliphatic carbocycles. The first-order valence-corrected chi connectivity index (χ1v) is 5.42. The van der Waals surface area contributed by atoms with Crippen LogP contribution in [0.2, 0.25) is 0 Å². The fourth-order valence-electron chi connectivity index (χ4n) is 2.65. The number of nitrogens with one attached hydrogen (secondary N) is 1. The molecule has 1 N–H and O–H groups in total. The lowest BCUT2D eigenvalue weighted by Gasteiger charge is -2.41. The molecule has 1 nitrogen and oxygen atoms in total. The van der Waals surface area contributed by atoms with Gasteiger partial charge in [0.1, 0.15) is 0 Å². The van der Waals surface area contributed by atoms with Crippen molar-refractivity contribution < 1.29 is 0 Å². The van der Waals surface area contributed by atoms with Gasteiger partial charge < -0.3 is 5.32 Å². The van der Waals surface area contributed by atoms with Gasteiger partial charge >= 0.3 is 0 Å². The zero-order chi connectivity index (χ0) is 9.03. The summed E-state index contributed by atoms with van der Waals surface area (Å²) >= 11 is 0. The van der Waals surface area contributed by atoms with Crippen LogP contribution in [0.4, 0.5) is 0 Å². The SMILES string of the molecule is CCC1(C(C)NC)CCCCC1. The molecule has 0 aromatic heterocycles. The van der Waals surface area contributed by atoms with Crippen molar-refractivity contribution >= 4 is 0 Å². The van der Waals surface area contributed by atoms with Crippen LogP contribution in [0.15, 0.2) is 0 Å². The highest BCUT2D eigenvalue weighted by Crippen LogP contribution is 2.41. The van der Waals surface area contributed by atoms with E-state index in [1.165, 1.54) is 38.5 Å². The molecular weight excluding hydrogens is 146 g/mol. The Balaban J connectivity index is 2.59. The average Bonchev–Trinajstić information content (AvgIpc) is 2.17. The molecule has 72 valence electrons. The molecule has 0 amide bonds. The van der Waals surface area contributed by atoms with Crippen LogP contribution >= 0.6 is 0 Å². The summed E-state index contributed by atoms with van der Waals surface area (Å²) in [5, 5.41) is 3.43. The third-order valence-corrected chi connectivity index (χ3v) is 3.91. The fourth-order valence-corrected chi connectivity index (χ4v) is 2.65. The van der Waals surface area contributed by atoms with Crippen molar-refractivity contribution in [1.82, 2.24) is 5.32 Å². The Bertz CT molecular complexity index is 125. The maximum absolute atomic E-state index is 3.43. The minimum atomic E-state index is 0.618. The predicted octanol–water partition coefficient (Wildman–Crippen LogP) is 2.95. The van der Waals surface area contributed by atoms with Crippen LogP contribution < -0.4 is 5.32 Å². The van der Waals surface area contributed by atoms with E-state index in [1.54, 1.807) is 0 Å². The lowest BCUT2D eigenvalue weighted by Crippen LogP contribution is -2.42. The highest BCUT2D eigenvalue weighted by molar-refractivity contribution is 4.89. The Morgan fingerprint density at radius 2 is 1.83 bits per heavy atom. The first-order valence-electron chi connectivity index (χ1n) is 5.42. The first kappa shape index (κ1) is 10.0. The Labute approximate surface area is 76.9 Å². The molecule has 0 aliphatic heterocycles. The molecule has 1 saturated carbocycles. The zero-order valence-corrected chi connectivity index (χ0v) is 8.82. The van der Waals surface area contributed by atoms with E-state index in [0.29, 0.717) is 11.5 Å². The number of rotatable bonds is 3. The van der Waals surface area contributed by atoms with Crippen molar-refractivity contribution in [2.45, 2.75) is 58.4 Å². The van der Waals surface area contributed by atoms with Crippen molar-refractivity contribution in [1.29, 1.82) is 0 Å². The van der Waals surface area contributed by atoms with Gasteiger partial charge in [0, 0.05) is 6.04 Å². The van der Waals surface area contributed by atoms with Gasteiger partial charge in [-0.25, -0.2) is 0 Å². The van der Waals surface area contributed by atoms with Gasteiger partial charge in [-0.05, 0) is 38.6 Å². The van der Waals surface area contributed by atoms with E-state index < -0.39 is 0 Å². The third kappa shape index (κ3) is 1.82. The van der Waals surface area contributed by atoms with Crippen molar-refractivity contribution in [3.8, 4) is 0 Å². The maximum atomic E-state index is 3.43. The Kier molecular flexibility index (Phi) is 3.57. The van der Waals surface area contributed by atoms with Crippen LogP contribution in [0, 0.1) is 5.41 Å². The van der Waals surface area contributed by atoms with Gasteiger partial charge in [-0.15, -0.1) is 0 Å². The van der Waals surface area contributed by atoms with Gasteiger partial charge in [-0.1, -0.05) is 26.2 Å². The Morgan fingerprint density at radius 3 is 2.25 bits per heavy atom. The molecule has 1 fully saturated rings. The van der Waals surface area contributed by atoms with E-state index in [1.807, 2.05) is 0 Å². The second-order valence-electron chi connectivity index (χ2n) is 4.29. The quantitative estimate of drug-likeness (QED) is 0.685. The monoisotopic (exact) mass is 169 g/mol. The standard InChI is InChI=1S/C11H23N/c1-4-11(10(2)12-3)8-6-5-7-9-11/h10,12H,4-9H2,1-3H3. The molecule has 0 aromatic rings. The van der Waals surface area contributed by atoms with Crippen LogP contribution in [0.25, 0.3) is 0 Å². The molecule has 1 rings (SSSR count). The third-order valence-electron chi connectivity index (χ3n) is 3.91. The molecule has 0 heterocycles. The lowest BCUT2D eigenvalue weighted by atomic mass is 9.68. The normalized spacial score (nSPS) is 25.2. The molecule has 0 spiro atoms. The van der Waals surface area contributed by atoms with Gasteiger partial charge in [0.15, 0.2) is 0 Å². The highest BCUT2D eigenvalue weighted by Gasteiger charge is 2.34. The average molecular weight is 169 g/mol.